The van der Waals surface area contributed by atoms with Crippen LogP contribution in [0.25, 0.3) is 0 Å². The number of amides is 1. The average molecular weight is 439 g/mol. The van der Waals surface area contributed by atoms with E-state index in [1.54, 1.807) is 0 Å². The first kappa shape index (κ1) is 22.4. The Morgan fingerprint density at radius 1 is 1.03 bits per heavy atom. The number of carbonyl (C=O) groups is 1. The Balaban J connectivity index is 1.73. The number of anilines is 1. The minimum absolute atomic E-state index is 0.111. The van der Waals surface area contributed by atoms with Crippen molar-refractivity contribution in [2.24, 2.45) is 5.92 Å². The van der Waals surface area contributed by atoms with Gasteiger partial charge < -0.3 is 4.90 Å². The second-order valence-electron chi connectivity index (χ2n) is 10.4. The molecule has 0 N–H and O–H groups in total. The molecular weight excluding hydrogens is 404 g/mol. The van der Waals surface area contributed by atoms with Crippen molar-refractivity contribution >= 4 is 23.2 Å². The molecule has 2 aromatic carbocycles. The maximum atomic E-state index is 13.9. The lowest BCUT2D eigenvalue weighted by Crippen LogP contribution is -2.60. The van der Waals surface area contributed by atoms with Gasteiger partial charge in [0.1, 0.15) is 0 Å². The molecule has 3 nitrogen and oxygen atoms in total. The Hall–Kier alpha value is -1.84. The highest BCUT2D eigenvalue weighted by Crippen LogP contribution is 2.50. The Labute approximate surface area is 192 Å². The Kier molecular flexibility index (Phi) is 5.95. The van der Waals surface area contributed by atoms with Gasteiger partial charge in [0, 0.05) is 21.7 Å². The van der Waals surface area contributed by atoms with Crippen LogP contribution in [-0.4, -0.2) is 35.5 Å². The summed E-state index contributed by atoms with van der Waals surface area (Å²) < 4.78 is 0. The van der Waals surface area contributed by atoms with E-state index in [1.165, 1.54) is 24.0 Å². The highest BCUT2D eigenvalue weighted by Gasteiger charge is 2.48. The largest absolute Gasteiger partial charge is 0.305 e. The molecule has 4 rings (SSSR count). The van der Waals surface area contributed by atoms with Crippen LogP contribution in [0.15, 0.2) is 48.5 Å². The molecule has 1 fully saturated rings. The molecule has 1 amide bonds. The molecule has 0 bridgehead atoms. The molecule has 0 unspecified atom stereocenters. The second-order valence-corrected chi connectivity index (χ2v) is 10.8. The zero-order valence-electron chi connectivity index (χ0n) is 19.5. The quantitative estimate of drug-likeness (QED) is 0.562. The summed E-state index contributed by atoms with van der Waals surface area (Å²) in [7, 11) is 0. The first-order valence-corrected chi connectivity index (χ1v) is 11.9. The third-order valence-electron chi connectivity index (χ3n) is 7.56. The van der Waals surface area contributed by atoms with Crippen LogP contribution in [0.3, 0.4) is 0 Å². The van der Waals surface area contributed by atoms with E-state index < -0.39 is 0 Å². The molecule has 2 aliphatic rings. The molecular formula is C27H35ClN2O. The van der Waals surface area contributed by atoms with E-state index in [0.717, 1.165) is 36.1 Å². The van der Waals surface area contributed by atoms with Crippen molar-refractivity contribution in [3.05, 3.63) is 64.7 Å². The molecule has 2 heterocycles. The topological polar surface area (TPSA) is 23.6 Å². The van der Waals surface area contributed by atoms with Crippen LogP contribution in [-0.2, 0) is 10.2 Å². The molecule has 4 heteroatoms. The second kappa shape index (κ2) is 8.26. The van der Waals surface area contributed by atoms with Crippen LogP contribution >= 0.6 is 11.6 Å². The Morgan fingerprint density at radius 2 is 1.65 bits per heavy atom. The highest BCUT2D eigenvalue weighted by molar-refractivity contribution is 6.30. The molecule has 0 radical (unpaired) electrons. The van der Waals surface area contributed by atoms with Crippen LogP contribution in [0, 0.1) is 5.92 Å². The summed E-state index contributed by atoms with van der Waals surface area (Å²) in [5.74, 6) is 0.968. The summed E-state index contributed by atoms with van der Waals surface area (Å²) in [5, 5.41) is 0.747. The summed E-state index contributed by atoms with van der Waals surface area (Å²) in [6.07, 6.45) is 3.20. The van der Waals surface area contributed by atoms with Crippen molar-refractivity contribution in [2.45, 2.75) is 70.9 Å². The van der Waals surface area contributed by atoms with Gasteiger partial charge in [-0.3, -0.25) is 9.69 Å². The van der Waals surface area contributed by atoms with Crippen molar-refractivity contribution in [1.29, 1.82) is 0 Å². The van der Waals surface area contributed by atoms with Crippen LogP contribution in [0.2, 0.25) is 5.02 Å². The summed E-state index contributed by atoms with van der Waals surface area (Å²) in [4.78, 5) is 18.4. The van der Waals surface area contributed by atoms with E-state index in [-0.39, 0.29) is 22.9 Å². The molecule has 0 aromatic heterocycles. The van der Waals surface area contributed by atoms with Gasteiger partial charge >= 0.3 is 0 Å². The van der Waals surface area contributed by atoms with Gasteiger partial charge in [-0.05, 0) is 88.4 Å². The van der Waals surface area contributed by atoms with Gasteiger partial charge in [0.15, 0.2) is 0 Å². The average Bonchev–Trinajstić information content (AvgIpc) is 2.73. The van der Waals surface area contributed by atoms with Gasteiger partial charge in [-0.25, -0.2) is 0 Å². The SMILES string of the molecule is CC1CCN([C@@H](C)C(=O)N2c3ccccc3[C@](C)(c3ccc(Cl)cc3)CC2(C)C)CC1. The van der Waals surface area contributed by atoms with Gasteiger partial charge in [-0.1, -0.05) is 55.8 Å². The normalized spacial score (nSPS) is 25.2. The van der Waals surface area contributed by atoms with E-state index in [1.807, 2.05) is 12.1 Å². The van der Waals surface area contributed by atoms with E-state index in [2.05, 4.69) is 80.8 Å². The third kappa shape index (κ3) is 4.03. The monoisotopic (exact) mass is 438 g/mol. The van der Waals surface area contributed by atoms with E-state index in [0.29, 0.717) is 0 Å². The van der Waals surface area contributed by atoms with Gasteiger partial charge in [-0.2, -0.15) is 0 Å². The number of fused-ring (bicyclic) bond motifs is 1. The number of hydrogen-bond acceptors (Lipinski definition) is 2. The third-order valence-corrected chi connectivity index (χ3v) is 7.81. The molecule has 166 valence electrons. The number of likely N-dealkylation sites (tertiary alicyclic amines) is 1. The standard InChI is InChI=1S/C27H35ClN2O/c1-19-14-16-29(17-15-19)20(2)25(31)30-24-9-7-6-8-23(24)27(5,18-26(30,3)4)21-10-12-22(28)13-11-21/h6-13,19-20H,14-18H2,1-5H3/t20-,27-/m0/s1. The number of para-hydroxylation sites is 1. The minimum atomic E-state index is -0.308. The van der Waals surface area contributed by atoms with E-state index >= 15 is 0 Å². The number of carbonyl (C=O) groups excluding carboxylic acids is 1. The Morgan fingerprint density at radius 3 is 2.29 bits per heavy atom. The maximum absolute atomic E-state index is 13.9. The molecule has 0 aliphatic carbocycles. The molecule has 2 aromatic rings. The number of piperidine rings is 1. The molecule has 0 spiro atoms. The molecule has 2 atom stereocenters. The summed E-state index contributed by atoms with van der Waals surface area (Å²) >= 11 is 6.18. The van der Waals surface area contributed by atoms with Crippen molar-refractivity contribution in [2.75, 3.05) is 18.0 Å². The predicted octanol–water partition coefficient (Wildman–Crippen LogP) is 6.28. The fourth-order valence-corrected chi connectivity index (χ4v) is 5.88. The smallest absolute Gasteiger partial charge is 0.244 e. The maximum Gasteiger partial charge on any atom is 0.244 e. The van der Waals surface area contributed by atoms with Crippen LogP contribution in [0.5, 0.6) is 0 Å². The molecule has 0 saturated carbocycles. The lowest BCUT2D eigenvalue weighted by Gasteiger charge is -2.52. The number of nitrogens with zero attached hydrogens (tertiary/aromatic N) is 2. The van der Waals surface area contributed by atoms with Crippen LogP contribution < -0.4 is 4.90 Å². The summed E-state index contributed by atoms with van der Waals surface area (Å²) in [5.41, 5.74) is 2.99. The van der Waals surface area contributed by atoms with Crippen molar-refractivity contribution < 1.29 is 4.79 Å². The van der Waals surface area contributed by atoms with Crippen molar-refractivity contribution in [3.8, 4) is 0 Å². The number of rotatable bonds is 3. The van der Waals surface area contributed by atoms with Crippen LogP contribution in [0.4, 0.5) is 5.69 Å². The van der Waals surface area contributed by atoms with Gasteiger partial charge in [0.2, 0.25) is 5.91 Å². The number of halogens is 1. The fourth-order valence-electron chi connectivity index (χ4n) is 5.75. The Bertz CT molecular complexity index is 946. The highest BCUT2D eigenvalue weighted by atomic mass is 35.5. The lowest BCUT2D eigenvalue weighted by atomic mass is 9.65. The predicted molar refractivity (Wildman–Crippen MR) is 130 cm³/mol. The minimum Gasteiger partial charge on any atom is -0.305 e. The lowest BCUT2D eigenvalue weighted by molar-refractivity contribution is -0.125. The zero-order valence-corrected chi connectivity index (χ0v) is 20.2. The summed E-state index contributed by atoms with van der Waals surface area (Å²) in [6, 6.07) is 16.5. The molecule has 2 aliphatic heterocycles. The van der Waals surface area contributed by atoms with E-state index in [4.69, 9.17) is 11.6 Å². The summed E-state index contributed by atoms with van der Waals surface area (Å²) in [6.45, 7) is 13.1. The van der Waals surface area contributed by atoms with Gasteiger partial charge in [0.05, 0.1) is 6.04 Å². The number of benzene rings is 2. The van der Waals surface area contributed by atoms with Crippen LogP contribution in [0.1, 0.15) is 65.0 Å². The molecule has 1 saturated heterocycles. The first-order valence-electron chi connectivity index (χ1n) is 11.6. The zero-order chi connectivity index (χ0) is 22.4. The van der Waals surface area contributed by atoms with Gasteiger partial charge in [-0.15, -0.1) is 0 Å². The molecule has 31 heavy (non-hydrogen) atoms. The van der Waals surface area contributed by atoms with Crippen molar-refractivity contribution in [1.82, 2.24) is 4.90 Å². The van der Waals surface area contributed by atoms with E-state index in [9.17, 15) is 4.79 Å². The number of hydrogen-bond donors (Lipinski definition) is 0. The van der Waals surface area contributed by atoms with Crippen molar-refractivity contribution in [3.63, 3.8) is 0 Å². The first-order chi connectivity index (χ1) is 14.6. The van der Waals surface area contributed by atoms with Gasteiger partial charge in [0.25, 0.3) is 0 Å². The fraction of sp³-hybridized carbons (Fsp3) is 0.519.